The molecule has 12 nitrogen and oxygen atoms in total. The molecule has 0 atom stereocenters. The number of hydrogen-bond donors (Lipinski definition) is 5. The molecule has 6 aromatic rings. The molecule has 1 aliphatic rings. The first-order chi connectivity index (χ1) is 22.7. The minimum absolute atomic E-state index is 0.0272. The Hall–Kier alpha value is -5.05. The van der Waals surface area contributed by atoms with Gasteiger partial charge in [-0.2, -0.15) is 5.10 Å². The van der Waals surface area contributed by atoms with E-state index in [1.807, 2.05) is 30.3 Å². The maximum Gasteiger partial charge on any atom is 0.224 e. The van der Waals surface area contributed by atoms with Crippen molar-refractivity contribution >= 4 is 43.6 Å². The van der Waals surface area contributed by atoms with E-state index in [0.29, 0.717) is 63.0 Å². The van der Waals surface area contributed by atoms with Crippen LogP contribution < -0.4 is 15.4 Å². The van der Waals surface area contributed by atoms with Gasteiger partial charge in [-0.05, 0) is 79.4 Å². The van der Waals surface area contributed by atoms with E-state index in [1.54, 1.807) is 24.7 Å². The monoisotopic (exact) mass is 653 g/mol. The van der Waals surface area contributed by atoms with Crippen molar-refractivity contribution in [2.45, 2.75) is 25.8 Å². The summed E-state index contributed by atoms with van der Waals surface area (Å²) >= 11 is 0. The molecule has 2 aromatic carbocycles. The molecule has 5 heterocycles. The number of imidazole rings is 1. The number of para-hydroxylation sites is 1. The smallest absolute Gasteiger partial charge is 0.224 e. The number of benzene rings is 2. The van der Waals surface area contributed by atoms with Crippen LogP contribution in [0.25, 0.3) is 55.8 Å². The number of H-pyrrole nitrogens is 2. The molecule has 0 bridgehead atoms. The Morgan fingerprint density at radius 1 is 1.02 bits per heavy atom. The number of carbonyl (C=O) groups is 1. The third-order valence-electron chi connectivity index (χ3n) is 8.24. The second kappa shape index (κ2) is 12.6. The summed E-state index contributed by atoms with van der Waals surface area (Å²) in [6.45, 7) is 1.84. The Kier molecular flexibility index (Phi) is 8.22. The number of halogens is 1. The lowest BCUT2D eigenvalue weighted by Gasteiger charge is -2.21. The van der Waals surface area contributed by atoms with Crippen LogP contribution in [0.5, 0.6) is 0 Å². The van der Waals surface area contributed by atoms with Gasteiger partial charge in [-0.3, -0.25) is 19.9 Å². The number of aromatic amines is 2. The van der Waals surface area contributed by atoms with Crippen molar-refractivity contribution < 1.29 is 17.6 Å². The van der Waals surface area contributed by atoms with Crippen molar-refractivity contribution in [3.05, 3.63) is 78.5 Å². The Morgan fingerprint density at radius 3 is 2.70 bits per heavy atom. The standard InChI is InChI=1S/C33H32FN9O3S/c1-47(45,46)38-15-20-9-21(12-23(34)10-20)25-3-2-4-27-31(25)41-33(40-27)32-26-14-28(37-18-29(26)42-43-32)22-13-24(17-36-16-22)39-30(44)11-19-5-7-35-8-6-19/h2-4,9-10,12-14,16-19,35,38H,5-8,11,15H2,1H3,(H,39,44)(H,40,41)(H,42,43). The minimum atomic E-state index is -3.45. The average molecular weight is 654 g/mol. The molecule has 1 aliphatic heterocycles. The molecule has 7 rings (SSSR count). The summed E-state index contributed by atoms with van der Waals surface area (Å²) in [6.07, 6.45) is 8.54. The molecule has 47 heavy (non-hydrogen) atoms. The van der Waals surface area contributed by atoms with Crippen LogP contribution in [-0.2, 0) is 21.4 Å². The molecule has 0 saturated carbocycles. The normalized spacial score (nSPS) is 14.2. The van der Waals surface area contributed by atoms with Crippen molar-refractivity contribution in [2.24, 2.45) is 5.92 Å². The van der Waals surface area contributed by atoms with Crippen molar-refractivity contribution in [3.8, 4) is 33.9 Å². The van der Waals surface area contributed by atoms with E-state index in [0.717, 1.165) is 48.7 Å². The Labute approximate surface area is 269 Å². The van der Waals surface area contributed by atoms with Crippen molar-refractivity contribution in [3.63, 3.8) is 0 Å². The van der Waals surface area contributed by atoms with Gasteiger partial charge in [0.15, 0.2) is 5.82 Å². The summed E-state index contributed by atoms with van der Waals surface area (Å²) in [5.41, 5.74) is 6.32. The number of nitrogens with zero attached hydrogens (tertiary/aromatic N) is 4. The van der Waals surface area contributed by atoms with Gasteiger partial charge in [-0.25, -0.2) is 22.5 Å². The maximum atomic E-state index is 14.6. The Bertz CT molecular complexity index is 2230. The van der Waals surface area contributed by atoms with Gasteiger partial charge in [0.05, 0.1) is 46.6 Å². The van der Waals surface area contributed by atoms with Crippen LogP contribution in [0.1, 0.15) is 24.8 Å². The highest BCUT2D eigenvalue weighted by Crippen LogP contribution is 2.33. The van der Waals surface area contributed by atoms with Gasteiger partial charge in [-0.15, -0.1) is 0 Å². The lowest BCUT2D eigenvalue weighted by Crippen LogP contribution is -2.30. The summed E-state index contributed by atoms with van der Waals surface area (Å²) in [5.74, 6) is 0.364. The number of pyridine rings is 2. The van der Waals surface area contributed by atoms with Gasteiger partial charge in [0.2, 0.25) is 15.9 Å². The summed E-state index contributed by atoms with van der Waals surface area (Å²) in [6, 6.07) is 13.7. The SMILES string of the molecule is CS(=O)(=O)NCc1cc(F)cc(-c2cccc3[nH]c(-c4n[nH]c5cnc(-c6cncc(NC(=O)CC7CCNCC7)c6)cc45)nc23)c1. The second-order valence-corrected chi connectivity index (χ2v) is 13.7. The van der Waals surface area contributed by atoms with Gasteiger partial charge in [-0.1, -0.05) is 12.1 Å². The third kappa shape index (κ3) is 6.89. The molecule has 4 aromatic heterocycles. The fourth-order valence-corrected chi connectivity index (χ4v) is 6.39. The molecule has 0 aliphatic carbocycles. The van der Waals surface area contributed by atoms with E-state index in [2.05, 4.69) is 40.5 Å². The zero-order valence-corrected chi connectivity index (χ0v) is 26.3. The fourth-order valence-electron chi connectivity index (χ4n) is 5.96. The van der Waals surface area contributed by atoms with Gasteiger partial charge < -0.3 is 15.6 Å². The molecule has 1 saturated heterocycles. The predicted octanol–water partition coefficient (Wildman–Crippen LogP) is 4.75. The maximum absolute atomic E-state index is 14.6. The van der Waals surface area contributed by atoms with E-state index < -0.39 is 15.8 Å². The highest BCUT2D eigenvalue weighted by Gasteiger charge is 2.19. The number of aromatic nitrogens is 6. The second-order valence-electron chi connectivity index (χ2n) is 11.8. The van der Waals surface area contributed by atoms with E-state index in [4.69, 9.17) is 4.98 Å². The minimum Gasteiger partial charge on any atom is -0.337 e. The van der Waals surface area contributed by atoms with Crippen LogP contribution in [-0.4, -0.2) is 63.8 Å². The summed E-state index contributed by atoms with van der Waals surface area (Å²) in [5, 5.41) is 14.6. The molecule has 1 amide bonds. The lowest BCUT2D eigenvalue weighted by atomic mass is 9.94. The van der Waals surface area contributed by atoms with Crippen LogP contribution in [0.15, 0.2) is 67.1 Å². The van der Waals surface area contributed by atoms with Gasteiger partial charge >= 0.3 is 0 Å². The molecule has 0 unspecified atom stereocenters. The first-order valence-corrected chi connectivity index (χ1v) is 17.1. The van der Waals surface area contributed by atoms with Crippen LogP contribution in [0.4, 0.5) is 10.1 Å². The largest absolute Gasteiger partial charge is 0.337 e. The van der Waals surface area contributed by atoms with Crippen LogP contribution in [0.2, 0.25) is 0 Å². The Balaban J connectivity index is 1.18. The number of nitrogens with one attached hydrogen (secondary N) is 5. The van der Waals surface area contributed by atoms with Gasteiger partial charge in [0, 0.05) is 35.7 Å². The highest BCUT2D eigenvalue weighted by molar-refractivity contribution is 7.88. The zero-order valence-electron chi connectivity index (χ0n) is 25.5. The first kappa shape index (κ1) is 30.6. The van der Waals surface area contributed by atoms with E-state index in [9.17, 15) is 17.6 Å². The number of sulfonamides is 1. The number of anilines is 1. The molecule has 0 spiro atoms. The van der Waals surface area contributed by atoms with Crippen LogP contribution in [0.3, 0.4) is 0 Å². The topological polar surface area (TPSA) is 170 Å². The van der Waals surface area contributed by atoms with E-state index in [1.165, 1.54) is 12.1 Å². The molecular formula is C33H32FN9O3S. The molecule has 5 N–H and O–H groups in total. The molecule has 14 heteroatoms. The molecular weight excluding hydrogens is 621 g/mol. The first-order valence-electron chi connectivity index (χ1n) is 15.2. The summed E-state index contributed by atoms with van der Waals surface area (Å²) in [7, 11) is -3.45. The zero-order chi connectivity index (χ0) is 32.5. The van der Waals surface area contributed by atoms with Crippen LogP contribution >= 0.6 is 0 Å². The quantitative estimate of drug-likeness (QED) is 0.149. The van der Waals surface area contributed by atoms with Crippen molar-refractivity contribution in [1.29, 1.82) is 0 Å². The third-order valence-corrected chi connectivity index (χ3v) is 8.91. The van der Waals surface area contributed by atoms with Crippen molar-refractivity contribution in [2.75, 3.05) is 24.7 Å². The summed E-state index contributed by atoms with van der Waals surface area (Å²) < 4.78 is 40.2. The number of fused-ring (bicyclic) bond motifs is 2. The lowest BCUT2D eigenvalue weighted by molar-refractivity contribution is -0.117. The highest BCUT2D eigenvalue weighted by atomic mass is 32.2. The fraction of sp³-hybridized carbons (Fsp3) is 0.242. The molecule has 0 radical (unpaired) electrons. The summed E-state index contributed by atoms with van der Waals surface area (Å²) in [4.78, 5) is 29.9. The van der Waals surface area contributed by atoms with Gasteiger partial charge in [0.25, 0.3) is 0 Å². The van der Waals surface area contributed by atoms with Crippen LogP contribution in [0, 0.1) is 11.7 Å². The Morgan fingerprint density at radius 2 is 1.87 bits per heavy atom. The number of carbonyl (C=O) groups excluding carboxylic acids is 1. The number of hydrogen-bond acceptors (Lipinski definition) is 8. The predicted molar refractivity (Wildman–Crippen MR) is 178 cm³/mol. The average Bonchev–Trinajstić information content (AvgIpc) is 3.68. The number of amides is 1. The molecule has 240 valence electrons. The van der Waals surface area contributed by atoms with E-state index in [-0.39, 0.29) is 12.5 Å². The number of piperidine rings is 1. The molecule has 1 fully saturated rings. The van der Waals surface area contributed by atoms with E-state index >= 15 is 0 Å². The van der Waals surface area contributed by atoms with Gasteiger partial charge in [0.1, 0.15) is 11.5 Å². The van der Waals surface area contributed by atoms with Crippen molar-refractivity contribution in [1.82, 2.24) is 40.2 Å². The number of rotatable bonds is 9.